The number of nitrogens with one attached hydrogen (secondary N) is 6. The van der Waals surface area contributed by atoms with Gasteiger partial charge in [0.25, 0.3) is 5.91 Å². The molecule has 1 fully saturated rings. The molecule has 9 atom stereocenters. The quantitative estimate of drug-likeness (QED) is 0.110. The molecule has 364 valence electrons. The molecular formula is C47H69N7O12. The summed E-state index contributed by atoms with van der Waals surface area (Å²) in [6, 6.07) is 1.43. The average molecular weight is 924 g/mol. The largest absolute Gasteiger partial charge is 0.480 e. The highest BCUT2D eigenvalue weighted by atomic mass is 16.5. The standard InChI is InChI=1S/C47H69N7O12/c1-25(2)21-35-44(60)52-36(47(64)65)24-38(55)53-40(26(3)4)45(61)49-33(18-17-27(5)22-28(6)37(66-11)23-32-15-13-12-14-16-32)29(7)41(57)50-34(46(62)63)19-20-39(56)54(10)31(9)43(59)48-30(8)42(58)51-35/h12-18,22,25-26,28-30,33-37,40H,9,19-21,23-24H2,1-8,10-11H3,(H,48,59)(H,49,61)(H,50,57)(H,51,58)(H,52,60)(H,53,55)(H,62,63)(H,64,65). The summed E-state index contributed by atoms with van der Waals surface area (Å²) in [5.41, 5.74) is 1.42. The Labute approximate surface area is 387 Å². The first-order chi connectivity index (χ1) is 30.9. The van der Waals surface area contributed by atoms with Crippen LogP contribution in [0, 0.1) is 23.7 Å². The van der Waals surface area contributed by atoms with Crippen molar-refractivity contribution >= 4 is 53.3 Å². The Kier molecular flexibility index (Phi) is 22.4. The van der Waals surface area contributed by atoms with Crippen LogP contribution in [0.5, 0.6) is 0 Å². The number of nitrogens with zero attached hydrogens (tertiary/aromatic N) is 1. The van der Waals surface area contributed by atoms with Crippen molar-refractivity contribution in [3.05, 3.63) is 72.0 Å². The van der Waals surface area contributed by atoms with E-state index in [1.165, 1.54) is 20.9 Å². The van der Waals surface area contributed by atoms with Gasteiger partial charge in [-0.25, -0.2) is 9.59 Å². The minimum absolute atomic E-state index is 0.0370. The summed E-state index contributed by atoms with van der Waals surface area (Å²) in [5.74, 6) is -11.0. The number of benzene rings is 1. The fourth-order valence-corrected chi connectivity index (χ4v) is 6.99. The lowest BCUT2D eigenvalue weighted by Crippen LogP contribution is -2.57. The van der Waals surface area contributed by atoms with E-state index in [1.54, 1.807) is 47.0 Å². The van der Waals surface area contributed by atoms with Gasteiger partial charge in [0.15, 0.2) is 0 Å². The summed E-state index contributed by atoms with van der Waals surface area (Å²) >= 11 is 0. The van der Waals surface area contributed by atoms with Gasteiger partial charge >= 0.3 is 11.9 Å². The third kappa shape index (κ3) is 17.9. The summed E-state index contributed by atoms with van der Waals surface area (Å²) < 4.78 is 5.80. The molecule has 1 aliphatic rings. The molecule has 2 rings (SSSR count). The average Bonchev–Trinajstić information content (AvgIpc) is 3.25. The van der Waals surface area contributed by atoms with E-state index < -0.39 is 126 Å². The molecule has 0 spiro atoms. The normalized spacial score (nSPS) is 25.4. The van der Waals surface area contributed by atoms with Crippen molar-refractivity contribution in [2.24, 2.45) is 23.7 Å². The van der Waals surface area contributed by atoms with Crippen LogP contribution in [-0.2, 0) is 54.3 Å². The lowest BCUT2D eigenvalue weighted by molar-refractivity contribution is -0.144. The summed E-state index contributed by atoms with van der Waals surface area (Å²) in [6.45, 7) is 17.0. The van der Waals surface area contributed by atoms with Crippen LogP contribution in [0.25, 0.3) is 0 Å². The van der Waals surface area contributed by atoms with E-state index in [9.17, 15) is 53.4 Å². The van der Waals surface area contributed by atoms with Gasteiger partial charge < -0.3 is 51.8 Å². The Balaban J connectivity index is 2.61. The van der Waals surface area contributed by atoms with Crippen molar-refractivity contribution in [2.75, 3.05) is 14.2 Å². The SMILES string of the molecule is C=C1C(=O)NC(C)C(=O)NC(CC(C)C)C(=O)NC(C(=O)O)CC(=O)NC(C(C)C)C(=O)NC(C=CC(C)=CC(C)C(Cc2ccccc2)OC)C(C)C(=O)NC(C(=O)O)CCC(=O)N1C. The lowest BCUT2D eigenvalue weighted by atomic mass is 9.94. The zero-order chi connectivity index (χ0) is 50.0. The van der Waals surface area contributed by atoms with Gasteiger partial charge in [0.2, 0.25) is 35.4 Å². The first kappa shape index (κ1) is 55.8. The second-order valence-corrected chi connectivity index (χ2v) is 17.5. The van der Waals surface area contributed by atoms with Gasteiger partial charge in [-0.1, -0.05) is 102 Å². The van der Waals surface area contributed by atoms with Gasteiger partial charge in [0, 0.05) is 26.5 Å². The second kappa shape index (κ2) is 26.6. The van der Waals surface area contributed by atoms with Crippen LogP contribution < -0.4 is 31.9 Å². The van der Waals surface area contributed by atoms with Crippen LogP contribution in [-0.4, -0.2) is 125 Å². The number of allylic oxidation sites excluding steroid dienone is 2. The van der Waals surface area contributed by atoms with E-state index in [2.05, 4.69) is 38.5 Å². The highest BCUT2D eigenvalue weighted by Crippen LogP contribution is 2.19. The number of aliphatic carboxylic acids is 2. The number of methoxy groups -OCH3 is 1. The zero-order valence-corrected chi connectivity index (χ0v) is 39.6. The molecule has 19 heteroatoms. The number of carbonyl (C=O) groups is 9. The second-order valence-electron chi connectivity index (χ2n) is 17.5. The minimum atomic E-state index is -1.80. The van der Waals surface area contributed by atoms with Crippen molar-refractivity contribution in [3.8, 4) is 0 Å². The zero-order valence-electron chi connectivity index (χ0n) is 39.6. The molecule has 0 aliphatic carbocycles. The van der Waals surface area contributed by atoms with Crippen molar-refractivity contribution in [1.29, 1.82) is 0 Å². The van der Waals surface area contributed by atoms with Gasteiger partial charge in [-0.2, -0.15) is 0 Å². The fourth-order valence-electron chi connectivity index (χ4n) is 6.99. The monoisotopic (exact) mass is 924 g/mol. The van der Waals surface area contributed by atoms with Crippen LogP contribution in [0.4, 0.5) is 0 Å². The van der Waals surface area contributed by atoms with Crippen LogP contribution >= 0.6 is 0 Å². The summed E-state index contributed by atoms with van der Waals surface area (Å²) in [4.78, 5) is 120. The highest BCUT2D eigenvalue weighted by molar-refractivity contribution is 6.00. The van der Waals surface area contributed by atoms with Crippen LogP contribution in [0.2, 0.25) is 0 Å². The third-order valence-corrected chi connectivity index (χ3v) is 11.2. The van der Waals surface area contributed by atoms with Crippen LogP contribution in [0.15, 0.2) is 66.4 Å². The molecule has 0 aromatic heterocycles. The minimum Gasteiger partial charge on any atom is -0.480 e. The van der Waals surface area contributed by atoms with Crippen molar-refractivity contribution in [1.82, 2.24) is 36.8 Å². The third-order valence-electron chi connectivity index (χ3n) is 11.2. The molecule has 8 N–H and O–H groups in total. The Morgan fingerprint density at radius 1 is 0.833 bits per heavy atom. The molecule has 0 radical (unpaired) electrons. The maximum Gasteiger partial charge on any atom is 0.326 e. The molecule has 1 aromatic rings. The van der Waals surface area contributed by atoms with E-state index in [0.717, 1.165) is 16.0 Å². The maximum atomic E-state index is 14.1. The molecule has 0 bridgehead atoms. The molecule has 1 aliphatic heterocycles. The Bertz CT molecular complexity index is 1980. The number of carboxylic acid groups (broad SMARTS) is 2. The summed E-state index contributed by atoms with van der Waals surface area (Å²) in [6.07, 6.45) is 4.01. The highest BCUT2D eigenvalue weighted by Gasteiger charge is 2.35. The van der Waals surface area contributed by atoms with Crippen molar-refractivity contribution < 1.29 is 58.1 Å². The number of amides is 7. The molecule has 19 nitrogen and oxygen atoms in total. The van der Waals surface area contributed by atoms with Gasteiger partial charge in [0.05, 0.1) is 24.5 Å². The molecule has 1 saturated heterocycles. The predicted molar refractivity (Wildman–Crippen MR) is 245 cm³/mol. The van der Waals surface area contributed by atoms with Gasteiger partial charge in [0.1, 0.15) is 35.9 Å². The van der Waals surface area contributed by atoms with Crippen LogP contribution in [0.3, 0.4) is 0 Å². The topological polar surface area (TPSA) is 279 Å². The summed E-state index contributed by atoms with van der Waals surface area (Å²) in [7, 11) is 2.84. The number of hydrogen-bond acceptors (Lipinski definition) is 10. The predicted octanol–water partition coefficient (Wildman–Crippen LogP) is 1.97. The number of rotatable bonds is 12. The smallest absolute Gasteiger partial charge is 0.326 e. The van der Waals surface area contributed by atoms with Crippen molar-refractivity contribution in [2.45, 2.75) is 130 Å². The first-order valence-electron chi connectivity index (χ1n) is 22.0. The molecule has 9 unspecified atom stereocenters. The van der Waals surface area contributed by atoms with E-state index in [0.29, 0.717) is 6.42 Å². The molecule has 66 heavy (non-hydrogen) atoms. The number of carboxylic acids is 2. The van der Waals surface area contributed by atoms with E-state index >= 15 is 0 Å². The van der Waals surface area contributed by atoms with E-state index in [4.69, 9.17) is 4.74 Å². The maximum absolute atomic E-state index is 14.1. The molecule has 1 heterocycles. The summed E-state index contributed by atoms with van der Waals surface area (Å²) in [5, 5.41) is 35.1. The number of likely N-dealkylation sites (N-methyl/N-ethyl adjacent to an activating group) is 1. The van der Waals surface area contributed by atoms with Crippen molar-refractivity contribution in [3.63, 3.8) is 0 Å². The molecule has 7 amide bonds. The molecule has 1 aromatic carbocycles. The number of hydrogen-bond donors (Lipinski definition) is 8. The van der Waals surface area contributed by atoms with Gasteiger partial charge in [-0.15, -0.1) is 0 Å². The number of ether oxygens (including phenoxy) is 1. The van der Waals surface area contributed by atoms with E-state index in [-0.39, 0.29) is 24.4 Å². The lowest BCUT2D eigenvalue weighted by Gasteiger charge is -2.28. The first-order valence-corrected chi connectivity index (χ1v) is 22.0. The number of carbonyl (C=O) groups excluding carboxylic acids is 7. The Hall–Kier alpha value is -6.37. The Morgan fingerprint density at radius 2 is 1.44 bits per heavy atom. The molecular weight excluding hydrogens is 855 g/mol. The van der Waals surface area contributed by atoms with Crippen LogP contribution in [0.1, 0.15) is 86.6 Å². The Morgan fingerprint density at radius 3 is 2.00 bits per heavy atom. The fraction of sp³-hybridized carbons (Fsp3) is 0.553. The molecule has 0 saturated carbocycles. The van der Waals surface area contributed by atoms with Gasteiger partial charge in [-0.05, 0) is 50.5 Å². The van der Waals surface area contributed by atoms with Gasteiger partial charge in [-0.3, -0.25) is 33.6 Å². The van der Waals surface area contributed by atoms with E-state index in [1.807, 2.05) is 50.3 Å².